The Morgan fingerprint density at radius 1 is 0.377 bits per heavy atom. The molecule has 3 heteroatoms. The average molecular weight is 904 g/mol. The Bertz CT molecular complexity index is 3310. The average Bonchev–Trinajstić information content (AvgIpc) is 3.95. The molecule has 0 bridgehead atoms. The molecule has 0 amide bonds. The predicted octanol–water partition coefficient (Wildman–Crippen LogP) is 18.6. The molecule has 2 heterocycles. The summed E-state index contributed by atoms with van der Waals surface area (Å²) in [5, 5.41) is 2.74. The molecule has 0 radical (unpaired) electrons. The summed E-state index contributed by atoms with van der Waals surface area (Å²) < 4.78 is 2.75. The molecule has 2 aliphatic carbocycles. The minimum Gasteiger partial charge on any atom is -0.314 e. The van der Waals surface area contributed by atoms with Crippen LogP contribution in [0.5, 0.6) is 0 Å². The van der Waals surface area contributed by atoms with Gasteiger partial charge in [0, 0.05) is 78.2 Å². The Hall–Kier alpha value is -6.58. The van der Waals surface area contributed by atoms with E-state index in [1.807, 2.05) is 0 Å². The summed E-state index contributed by atoms with van der Waals surface area (Å²) in [6.07, 6.45) is 0. The zero-order chi connectivity index (χ0) is 48.9. The molecule has 11 rings (SSSR count). The van der Waals surface area contributed by atoms with Gasteiger partial charge in [-0.3, -0.25) is 0 Å². The van der Waals surface area contributed by atoms with E-state index in [0.717, 1.165) is 0 Å². The van der Waals surface area contributed by atoms with E-state index in [9.17, 15) is 0 Å². The van der Waals surface area contributed by atoms with Crippen molar-refractivity contribution in [1.82, 2.24) is 4.40 Å². The summed E-state index contributed by atoms with van der Waals surface area (Å²) in [7, 11) is 0. The second-order valence-electron chi connectivity index (χ2n) is 24.6. The zero-order valence-corrected chi connectivity index (χ0v) is 43.7. The molecule has 2 aliphatic rings. The standard InChI is InChI=1S/C66H69N3/c1-40-20-16-24-45(32-40)67(47-26-18-22-42(34-47)62(3,4)5)49-28-30-51-55(38-49)65(12,13)60-57(51)53-36-44(64(9,10)11)37-54-58-52-31-29-50(39-56(52)66(14,15)61(58)69(60)59(53)54)68(46-25-17-21-41(2)33-46)48-27-19-23-43(35-48)63(6,7)8/h16-39H,1-15H3. The quantitative estimate of drug-likeness (QED) is 0.165. The second-order valence-corrected chi connectivity index (χ2v) is 24.6. The number of hydrogen-bond donors (Lipinski definition) is 0. The van der Waals surface area contributed by atoms with Crippen LogP contribution in [-0.2, 0) is 27.1 Å². The number of anilines is 6. The topological polar surface area (TPSA) is 10.9 Å². The first-order chi connectivity index (χ1) is 32.4. The van der Waals surface area contributed by atoms with Crippen molar-refractivity contribution in [2.75, 3.05) is 9.80 Å². The van der Waals surface area contributed by atoms with Crippen LogP contribution in [0.3, 0.4) is 0 Å². The predicted molar refractivity (Wildman–Crippen MR) is 296 cm³/mol. The number of benzene rings is 7. The highest BCUT2D eigenvalue weighted by atomic mass is 15.1. The molecule has 348 valence electrons. The van der Waals surface area contributed by atoms with E-state index < -0.39 is 0 Å². The molecule has 69 heavy (non-hydrogen) atoms. The third-order valence-electron chi connectivity index (χ3n) is 15.7. The lowest BCUT2D eigenvalue weighted by Gasteiger charge is -2.31. The van der Waals surface area contributed by atoms with Crippen molar-refractivity contribution in [3.8, 4) is 22.3 Å². The highest BCUT2D eigenvalue weighted by molar-refractivity contribution is 6.17. The van der Waals surface area contributed by atoms with Gasteiger partial charge in [-0.05, 0) is 165 Å². The van der Waals surface area contributed by atoms with Gasteiger partial charge in [-0.25, -0.2) is 0 Å². The van der Waals surface area contributed by atoms with Crippen LogP contribution in [0.4, 0.5) is 34.1 Å². The van der Waals surface area contributed by atoms with Crippen LogP contribution in [0.2, 0.25) is 0 Å². The van der Waals surface area contributed by atoms with Gasteiger partial charge in [-0.2, -0.15) is 0 Å². The van der Waals surface area contributed by atoms with Crippen molar-refractivity contribution in [2.45, 2.75) is 131 Å². The van der Waals surface area contributed by atoms with Crippen molar-refractivity contribution in [3.05, 3.63) is 196 Å². The van der Waals surface area contributed by atoms with Crippen LogP contribution in [-0.4, -0.2) is 4.40 Å². The van der Waals surface area contributed by atoms with Crippen LogP contribution >= 0.6 is 0 Å². The first-order valence-electron chi connectivity index (χ1n) is 25.2. The molecule has 0 spiro atoms. The van der Waals surface area contributed by atoms with E-state index in [-0.39, 0.29) is 27.1 Å². The van der Waals surface area contributed by atoms with E-state index in [1.165, 1.54) is 123 Å². The maximum atomic E-state index is 2.75. The molecule has 2 aromatic heterocycles. The van der Waals surface area contributed by atoms with E-state index in [0.29, 0.717) is 0 Å². The fourth-order valence-corrected chi connectivity index (χ4v) is 12.0. The van der Waals surface area contributed by atoms with Crippen LogP contribution in [0, 0.1) is 13.8 Å². The van der Waals surface area contributed by atoms with Gasteiger partial charge in [-0.15, -0.1) is 0 Å². The second kappa shape index (κ2) is 15.0. The number of aromatic nitrogens is 1. The van der Waals surface area contributed by atoms with Crippen LogP contribution in [0.15, 0.2) is 146 Å². The maximum Gasteiger partial charge on any atom is 0.0615 e. The molecule has 0 fully saturated rings. The summed E-state index contributed by atoms with van der Waals surface area (Å²) in [6.45, 7) is 35.2. The molecule has 0 atom stereocenters. The van der Waals surface area contributed by atoms with Crippen molar-refractivity contribution < 1.29 is 0 Å². The van der Waals surface area contributed by atoms with Gasteiger partial charge >= 0.3 is 0 Å². The number of nitrogens with zero attached hydrogens (tertiary/aromatic N) is 3. The Balaban J connectivity index is 1.13. The number of fused-ring (bicyclic) bond motifs is 10. The number of aryl methyl sites for hydroxylation is 2. The highest BCUT2D eigenvalue weighted by Gasteiger charge is 2.48. The molecule has 9 aromatic rings. The van der Waals surface area contributed by atoms with Crippen molar-refractivity contribution in [2.24, 2.45) is 0 Å². The first-order valence-corrected chi connectivity index (χ1v) is 25.2. The Kier molecular flexibility index (Phi) is 9.74. The minimum absolute atomic E-state index is 0.0219. The summed E-state index contributed by atoms with van der Waals surface area (Å²) in [4.78, 5) is 4.94. The van der Waals surface area contributed by atoms with E-state index in [4.69, 9.17) is 0 Å². The zero-order valence-electron chi connectivity index (χ0n) is 43.7. The lowest BCUT2D eigenvalue weighted by atomic mass is 9.83. The Morgan fingerprint density at radius 2 is 0.725 bits per heavy atom. The van der Waals surface area contributed by atoms with Crippen LogP contribution < -0.4 is 9.80 Å². The summed E-state index contributed by atoms with van der Waals surface area (Å²) in [5.74, 6) is 0. The van der Waals surface area contributed by atoms with Crippen molar-refractivity contribution >= 4 is 50.4 Å². The fraction of sp³-hybridized carbons (Fsp3) is 0.303. The molecule has 3 nitrogen and oxygen atoms in total. The lowest BCUT2D eigenvalue weighted by molar-refractivity contribution is 0.588. The lowest BCUT2D eigenvalue weighted by Crippen LogP contribution is -2.23. The molecular formula is C66H69N3. The number of hydrogen-bond acceptors (Lipinski definition) is 2. The van der Waals surface area contributed by atoms with Gasteiger partial charge < -0.3 is 14.2 Å². The van der Waals surface area contributed by atoms with Crippen molar-refractivity contribution in [1.29, 1.82) is 0 Å². The van der Waals surface area contributed by atoms with Crippen LogP contribution in [0.25, 0.3) is 38.5 Å². The normalized spacial score (nSPS) is 14.8. The van der Waals surface area contributed by atoms with Gasteiger partial charge in [-0.1, -0.05) is 151 Å². The van der Waals surface area contributed by atoms with Gasteiger partial charge in [0.15, 0.2) is 0 Å². The van der Waals surface area contributed by atoms with E-state index in [1.54, 1.807) is 0 Å². The van der Waals surface area contributed by atoms with Gasteiger partial charge in [0.2, 0.25) is 0 Å². The third-order valence-corrected chi connectivity index (χ3v) is 15.7. The van der Waals surface area contributed by atoms with E-state index >= 15 is 0 Å². The molecule has 0 N–H and O–H groups in total. The van der Waals surface area contributed by atoms with E-state index in [2.05, 4.69) is 264 Å². The van der Waals surface area contributed by atoms with Crippen molar-refractivity contribution in [3.63, 3.8) is 0 Å². The molecular weight excluding hydrogens is 835 g/mol. The third kappa shape index (κ3) is 6.89. The molecule has 0 unspecified atom stereocenters. The fourth-order valence-electron chi connectivity index (χ4n) is 12.0. The minimum atomic E-state index is -0.303. The summed E-state index contributed by atoms with van der Waals surface area (Å²) in [6, 6.07) is 55.9. The summed E-state index contributed by atoms with van der Waals surface area (Å²) >= 11 is 0. The first kappa shape index (κ1) is 44.9. The highest BCUT2D eigenvalue weighted by Crippen LogP contribution is 2.61. The smallest absolute Gasteiger partial charge is 0.0615 e. The van der Waals surface area contributed by atoms with Gasteiger partial charge in [0.1, 0.15) is 0 Å². The van der Waals surface area contributed by atoms with Crippen LogP contribution in [0.1, 0.15) is 140 Å². The maximum absolute atomic E-state index is 2.75. The number of rotatable bonds is 6. The Morgan fingerprint density at radius 3 is 1.09 bits per heavy atom. The molecule has 0 aliphatic heterocycles. The summed E-state index contributed by atoms with van der Waals surface area (Å²) in [5.41, 5.74) is 25.4. The molecule has 0 saturated carbocycles. The van der Waals surface area contributed by atoms with Gasteiger partial charge in [0.25, 0.3) is 0 Å². The molecule has 7 aromatic carbocycles. The largest absolute Gasteiger partial charge is 0.314 e. The SMILES string of the molecule is Cc1cccc(N(c2cccc(C(C)(C)C)c2)c2ccc3c(c2)C(C)(C)c2c-3c3cc(C(C)(C)C)cc4c5c(n2c34)C(C)(C)c2cc(N(c3cccc(C)c3)c3cccc(C(C)(C)C)c3)ccc2-5)c1. The monoisotopic (exact) mass is 904 g/mol. The Labute approximate surface area is 411 Å². The van der Waals surface area contributed by atoms with Gasteiger partial charge in [0.05, 0.1) is 5.52 Å². The molecule has 0 saturated heterocycles.